The molecule has 2 aromatic carbocycles. The van der Waals surface area contributed by atoms with E-state index in [1.807, 2.05) is 18.2 Å². The summed E-state index contributed by atoms with van der Waals surface area (Å²) < 4.78 is 10.7. The number of benzene rings is 2. The molecule has 154 valence electrons. The maximum Gasteiger partial charge on any atom is 0.251 e. The molecule has 1 aliphatic heterocycles. The molecule has 0 aromatic heterocycles. The lowest BCUT2D eigenvalue weighted by Crippen LogP contribution is -2.39. The minimum atomic E-state index is -0.376. The highest BCUT2D eigenvalue weighted by Crippen LogP contribution is 2.36. The van der Waals surface area contributed by atoms with Gasteiger partial charge in [-0.1, -0.05) is 29.3 Å². The van der Waals surface area contributed by atoms with Crippen molar-refractivity contribution in [1.82, 2.24) is 10.2 Å². The Bertz CT molecular complexity index is 920. The monoisotopic (exact) mass is 436 g/mol. The molecule has 1 aliphatic rings. The first-order chi connectivity index (χ1) is 13.9. The van der Waals surface area contributed by atoms with Crippen LogP contribution in [-0.2, 0) is 4.79 Å². The van der Waals surface area contributed by atoms with Gasteiger partial charge in [0.25, 0.3) is 5.91 Å². The number of hydrogen-bond acceptors (Lipinski definition) is 4. The summed E-state index contributed by atoms with van der Waals surface area (Å²) in [4.78, 5) is 26.9. The van der Waals surface area contributed by atoms with Gasteiger partial charge in [0.2, 0.25) is 5.91 Å². The van der Waals surface area contributed by atoms with Crippen molar-refractivity contribution < 1.29 is 19.1 Å². The van der Waals surface area contributed by atoms with Crippen LogP contribution in [0, 0.1) is 0 Å². The van der Waals surface area contributed by atoms with Gasteiger partial charge in [-0.05, 0) is 48.7 Å². The van der Waals surface area contributed by atoms with Crippen LogP contribution < -0.4 is 14.8 Å². The molecule has 1 N–H and O–H groups in total. The van der Waals surface area contributed by atoms with E-state index in [2.05, 4.69) is 5.32 Å². The van der Waals surface area contributed by atoms with Crippen molar-refractivity contribution in [2.45, 2.75) is 18.9 Å². The number of amides is 2. The van der Waals surface area contributed by atoms with Crippen molar-refractivity contribution in [2.75, 3.05) is 27.3 Å². The van der Waals surface area contributed by atoms with Crippen LogP contribution in [0.4, 0.5) is 0 Å². The quantitative estimate of drug-likeness (QED) is 0.739. The summed E-state index contributed by atoms with van der Waals surface area (Å²) in [7, 11) is 3.16. The van der Waals surface area contributed by atoms with Crippen LogP contribution in [0.15, 0.2) is 36.4 Å². The number of rotatable bonds is 6. The Hall–Kier alpha value is -2.44. The molecule has 8 heteroatoms. The van der Waals surface area contributed by atoms with Gasteiger partial charge in [-0.2, -0.15) is 0 Å². The summed E-state index contributed by atoms with van der Waals surface area (Å²) in [6.45, 7) is 0.545. The average molecular weight is 437 g/mol. The van der Waals surface area contributed by atoms with Crippen molar-refractivity contribution in [2.24, 2.45) is 0 Å². The van der Waals surface area contributed by atoms with E-state index < -0.39 is 0 Å². The van der Waals surface area contributed by atoms with E-state index >= 15 is 0 Å². The third kappa shape index (κ3) is 4.77. The average Bonchev–Trinajstić information content (AvgIpc) is 3.23. The molecule has 0 bridgehead atoms. The standard InChI is InChI=1S/C21H22Cl2N2O4/c1-28-18-8-6-13(11-19(18)29-2)17-4-3-9-25(17)20(26)12-24-21(27)14-5-7-15(22)16(23)10-14/h5-8,10-11,17H,3-4,9,12H2,1-2H3,(H,24,27). The van der Waals surface area contributed by atoms with Crippen LogP contribution in [0.3, 0.4) is 0 Å². The maximum absolute atomic E-state index is 12.8. The Labute approximate surface area is 179 Å². The first-order valence-corrected chi connectivity index (χ1v) is 9.95. The smallest absolute Gasteiger partial charge is 0.251 e. The summed E-state index contributed by atoms with van der Waals surface area (Å²) in [6.07, 6.45) is 1.74. The second-order valence-corrected chi connectivity index (χ2v) is 7.49. The predicted molar refractivity (Wildman–Crippen MR) is 112 cm³/mol. The molecule has 1 atom stereocenters. The minimum Gasteiger partial charge on any atom is -0.493 e. The van der Waals surface area contributed by atoms with E-state index in [0.29, 0.717) is 33.7 Å². The third-order valence-corrected chi connectivity index (χ3v) is 5.69. The minimum absolute atomic E-state index is 0.0656. The second kappa shape index (κ2) is 9.37. The number of carbonyl (C=O) groups is 2. The molecule has 1 fully saturated rings. The zero-order chi connectivity index (χ0) is 21.0. The number of likely N-dealkylation sites (tertiary alicyclic amines) is 1. The van der Waals surface area contributed by atoms with Crippen molar-refractivity contribution in [3.8, 4) is 11.5 Å². The number of hydrogen-bond donors (Lipinski definition) is 1. The summed E-state index contributed by atoms with van der Waals surface area (Å²) in [6, 6.07) is 10.2. The lowest BCUT2D eigenvalue weighted by molar-refractivity contribution is -0.131. The van der Waals surface area contributed by atoms with E-state index in [4.69, 9.17) is 32.7 Å². The zero-order valence-electron chi connectivity index (χ0n) is 16.2. The molecule has 2 amide bonds. The van der Waals surface area contributed by atoms with Gasteiger partial charge in [0.05, 0.1) is 36.9 Å². The molecular formula is C21H22Cl2N2O4. The first-order valence-electron chi connectivity index (χ1n) is 9.19. The Balaban J connectivity index is 1.67. The molecule has 0 aliphatic carbocycles. The van der Waals surface area contributed by atoms with Crippen LogP contribution in [0.2, 0.25) is 10.0 Å². The van der Waals surface area contributed by atoms with E-state index in [0.717, 1.165) is 18.4 Å². The van der Waals surface area contributed by atoms with Crippen LogP contribution in [0.1, 0.15) is 34.8 Å². The van der Waals surface area contributed by atoms with Crippen LogP contribution >= 0.6 is 23.2 Å². The third-order valence-electron chi connectivity index (χ3n) is 4.95. The van der Waals surface area contributed by atoms with Crippen LogP contribution in [0.5, 0.6) is 11.5 Å². The lowest BCUT2D eigenvalue weighted by Gasteiger charge is -2.26. The predicted octanol–water partition coefficient (Wildman–Crippen LogP) is 4.10. The normalized spacial score (nSPS) is 15.9. The molecule has 1 heterocycles. The van der Waals surface area contributed by atoms with Gasteiger partial charge in [0.15, 0.2) is 11.5 Å². The highest BCUT2D eigenvalue weighted by Gasteiger charge is 2.30. The fourth-order valence-corrected chi connectivity index (χ4v) is 3.77. The number of nitrogens with one attached hydrogen (secondary N) is 1. The molecular weight excluding hydrogens is 415 g/mol. The number of methoxy groups -OCH3 is 2. The number of carbonyl (C=O) groups excluding carboxylic acids is 2. The van der Waals surface area contributed by atoms with Crippen LogP contribution in [0.25, 0.3) is 0 Å². The van der Waals surface area contributed by atoms with Crippen molar-refractivity contribution in [3.63, 3.8) is 0 Å². The fourth-order valence-electron chi connectivity index (χ4n) is 3.47. The Morgan fingerprint density at radius 3 is 2.52 bits per heavy atom. The number of ether oxygens (including phenoxy) is 2. The molecule has 6 nitrogen and oxygen atoms in total. The van der Waals surface area contributed by atoms with Crippen molar-refractivity contribution in [1.29, 1.82) is 0 Å². The van der Waals surface area contributed by atoms with Gasteiger partial charge in [-0.25, -0.2) is 0 Å². The Kier molecular flexibility index (Phi) is 6.87. The highest BCUT2D eigenvalue weighted by molar-refractivity contribution is 6.42. The number of nitrogens with zero attached hydrogens (tertiary/aromatic N) is 1. The van der Waals surface area contributed by atoms with Gasteiger partial charge in [-0.15, -0.1) is 0 Å². The SMILES string of the molecule is COc1ccc(C2CCCN2C(=O)CNC(=O)c2ccc(Cl)c(Cl)c2)cc1OC. The van der Waals surface area contributed by atoms with E-state index in [-0.39, 0.29) is 24.4 Å². The molecule has 1 saturated heterocycles. The number of halogens is 2. The molecule has 0 radical (unpaired) electrons. The Morgan fingerprint density at radius 2 is 1.83 bits per heavy atom. The van der Waals surface area contributed by atoms with Gasteiger partial charge in [-0.3, -0.25) is 9.59 Å². The summed E-state index contributed by atoms with van der Waals surface area (Å²) >= 11 is 11.8. The van der Waals surface area contributed by atoms with Gasteiger partial charge in [0.1, 0.15) is 0 Å². The van der Waals surface area contributed by atoms with E-state index in [9.17, 15) is 9.59 Å². The van der Waals surface area contributed by atoms with E-state index in [1.54, 1.807) is 31.3 Å². The van der Waals surface area contributed by atoms with Crippen LogP contribution in [-0.4, -0.2) is 44.0 Å². The van der Waals surface area contributed by atoms with E-state index in [1.165, 1.54) is 6.07 Å². The second-order valence-electron chi connectivity index (χ2n) is 6.67. The van der Waals surface area contributed by atoms with Gasteiger partial charge in [0, 0.05) is 12.1 Å². The zero-order valence-corrected chi connectivity index (χ0v) is 17.7. The summed E-state index contributed by atoms with van der Waals surface area (Å²) in [5, 5.41) is 3.32. The van der Waals surface area contributed by atoms with Crippen molar-refractivity contribution in [3.05, 3.63) is 57.6 Å². The maximum atomic E-state index is 12.8. The highest BCUT2D eigenvalue weighted by atomic mass is 35.5. The molecule has 29 heavy (non-hydrogen) atoms. The van der Waals surface area contributed by atoms with Gasteiger partial charge < -0.3 is 19.7 Å². The molecule has 0 saturated carbocycles. The molecule has 1 unspecified atom stereocenters. The topological polar surface area (TPSA) is 67.9 Å². The Morgan fingerprint density at radius 1 is 1.07 bits per heavy atom. The lowest BCUT2D eigenvalue weighted by atomic mass is 10.0. The van der Waals surface area contributed by atoms with Gasteiger partial charge >= 0.3 is 0 Å². The first kappa shape index (κ1) is 21.3. The molecule has 2 aromatic rings. The fraction of sp³-hybridized carbons (Fsp3) is 0.333. The molecule has 3 rings (SSSR count). The largest absolute Gasteiger partial charge is 0.493 e. The van der Waals surface area contributed by atoms with Crippen molar-refractivity contribution >= 4 is 35.0 Å². The summed E-state index contributed by atoms with van der Waals surface area (Å²) in [5.74, 6) is 0.743. The molecule has 0 spiro atoms. The summed E-state index contributed by atoms with van der Waals surface area (Å²) in [5.41, 5.74) is 1.33.